The van der Waals surface area contributed by atoms with Gasteiger partial charge in [0.1, 0.15) is 19.3 Å². The summed E-state index contributed by atoms with van der Waals surface area (Å²) in [6.45, 7) is 11.7. The molecule has 0 spiro atoms. The molecule has 17 nitrogen and oxygen atoms in total. The molecule has 0 aliphatic heterocycles. The lowest BCUT2D eigenvalue weighted by Crippen LogP contribution is -2.30. The van der Waals surface area contributed by atoms with Crippen LogP contribution >= 0.6 is 15.6 Å². The van der Waals surface area contributed by atoms with E-state index in [-0.39, 0.29) is 25.7 Å². The van der Waals surface area contributed by atoms with Crippen molar-refractivity contribution < 1.29 is 80.2 Å². The van der Waals surface area contributed by atoms with Gasteiger partial charge in [-0.3, -0.25) is 37.3 Å². The quantitative estimate of drug-likeness (QED) is 0.0169. The Balaban J connectivity index is 5.25. The molecule has 0 amide bonds. The van der Waals surface area contributed by atoms with E-state index in [0.29, 0.717) is 37.5 Å². The molecular weight excluding hydrogens is 1200 g/mol. The number of unbranched alkanes of at least 4 members (excludes halogenated alkanes) is 33. The minimum atomic E-state index is -4.96. The molecule has 0 aliphatic rings. The molecule has 19 heteroatoms. The van der Waals surface area contributed by atoms with E-state index in [9.17, 15) is 43.2 Å². The largest absolute Gasteiger partial charge is 0.472 e. The summed E-state index contributed by atoms with van der Waals surface area (Å²) >= 11 is 0. The summed E-state index contributed by atoms with van der Waals surface area (Å²) in [5.74, 6) is 0.0156. The van der Waals surface area contributed by atoms with Crippen molar-refractivity contribution in [2.75, 3.05) is 39.6 Å². The number of phosphoric ester groups is 2. The normalized spacial score (nSPS) is 14.3. The Morgan fingerprint density at radius 2 is 0.593 bits per heavy atom. The minimum absolute atomic E-state index is 0.0837. The number of rotatable bonds is 68. The highest BCUT2D eigenvalue weighted by atomic mass is 31.2. The number of allylic oxidation sites excluding steroid dienone is 4. The number of aliphatic hydroxyl groups excluding tert-OH is 1. The van der Waals surface area contributed by atoms with Crippen LogP contribution < -0.4 is 0 Å². The van der Waals surface area contributed by atoms with Gasteiger partial charge in [0.2, 0.25) is 0 Å². The van der Waals surface area contributed by atoms with Crippen LogP contribution in [0.2, 0.25) is 0 Å². The first-order valence-corrected chi connectivity index (χ1v) is 39.7. The van der Waals surface area contributed by atoms with E-state index in [1.54, 1.807) is 0 Å². The lowest BCUT2D eigenvalue weighted by Gasteiger charge is -2.21. The number of hydrogen-bond acceptors (Lipinski definition) is 15. The van der Waals surface area contributed by atoms with Crippen LogP contribution in [0, 0.1) is 17.8 Å². The predicted molar refractivity (Wildman–Crippen MR) is 367 cm³/mol. The van der Waals surface area contributed by atoms with E-state index in [2.05, 4.69) is 72.8 Å². The van der Waals surface area contributed by atoms with Crippen LogP contribution in [0.25, 0.3) is 0 Å². The summed E-state index contributed by atoms with van der Waals surface area (Å²) in [5.41, 5.74) is 0. The highest BCUT2D eigenvalue weighted by molar-refractivity contribution is 7.47. The highest BCUT2D eigenvalue weighted by Gasteiger charge is 2.30. The molecule has 0 saturated heterocycles. The molecule has 0 rings (SSSR count). The third kappa shape index (κ3) is 66.0. The number of carbonyl (C=O) groups excluding carboxylic acids is 4. The van der Waals surface area contributed by atoms with Crippen molar-refractivity contribution in [3.8, 4) is 0 Å². The molecule has 2 unspecified atom stereocenters. The summed E-state index contributed by atoms with van der Waals surface area (Å²) in [6, 6.07) is 0. The third-order valence-electron chi connectivity index (χ3n) is 16.0. The average Bonchev–Trinajstić information content (AvgIpc) is 3.39. The van der Waals surface area contributed by atoms with Crippen molar-refractivity contribution in [1.82, 2.24) is 0 Å². The highest BCUT2D eigenvalue weighted by Crippen LogP contribution is 2.45. The molecule has 0 aromatic rings. The van der Waals surface area contributed by atoms with Crippen molar-refractivity contribution in [1.29, 1.82) is 0 Å². The fraction of sp³-hybridized carbons (Fsp3) is 0.889. The predicted octanol–water partition coefficient (Wildman–Crippen LogP) is 20.2. The van der Waals surface area contributed by atoms with Crippen molar-refractivity contribution in [2.24, 2.45) is 17.8 Å². The molecule has 0 fully saturated rings. The van der Waals surface area contributed by atoms with Gasteiger partial charge in [-0.25, -0.2) is 9.13 Å². The fourth-order valence-electron chi connectivity index (χ4n) is 10.4. The molecule has 0 saturated carbocycles. The zero-order valence-electron chi connectivity index (χ0n) is 58.8. The number of carbonyl (C=O) groups is 4. The Bertz CT molecular complexity index is 1880. The Hall–Kier alpha value is -2.46. The molecule has 91 heavy (non-hydrogen) atoms. The molecule has 0 aromatic heterocycles. The topological polar surface area (TPSA) is 237 Å². The lowest BCUT2D eigenvalue weighted by atomic mass is 10.0. The lowest BCUT2D eigenvalue weighted by molar-refractivity contribution is -0.161. The number of hydrogen-bond donors (Lipinski definition) is 3. The van der Waals surface area contributed by atoms with Gasteiger partial charge >= 0.3 is 39.5 Å². The molecule has 0 heterocycles. The van der Waals surface area contributed by atoms with Crippen LogP contribution in [0.1, 0.15) is 337 Å². The monoisotopic (exact) mass is 1330 g/mol. The first kappa shape index (κ1) is 88.5. The van der Waals surface area contributed by atoms with Crippen molar-refractivity contribution >= 4 is 39.5 Å². The molecule has 5 atom stereocenters. The molecule has 0 bridgehead atoms. The third-order valence-corrected chi connectivity index (χ3v) is 17.9. The van der Waals surface area contributed by atoms with Crippen molar-refractivity contribution in [2.45, 2.75) is 356 Å². The fourth-order valence-corrected chi connectivity index (χ4v) is 11.9. The van der Waals surface area contributed by atoms with Crippen LogP contribution in [0.4, 0.5) is 0 Å². The van der Waals surface area contributed by atoms with Crippen molar-refractivity contribution in [3.63, 3.8) is 0 Å². The van der Waals surface area contributed by atoms with Gasteiger partial charge in [-0.1, -0.05) is 285 Å². The molecule has 3 N–H and O–H groups in total. The van der Waals surface area contributed by atoms with E-state index < -0.39 is 97.5 Å². The van der Waals surface area contributed by atoms with Crippen LogP contribution in [0.3, 0.4) is 0 Å². The maximum atomic E-state index is 13.0. The second kappa shape index (κ2) is 62.4. The van der Waals surface area contributed by atoms with Crippen molar-refractivity contribution in [3.05, 3.63) is 24.3 Å². The van der Waals surface area contributed by atoms with Gasteiger partial charge in [-0.15, -0.1) is 0 Å². The average molecular weight is 1340 g/mol. The van der Waals surface area contributed by atoms with E-state index in [1.165, 1.54) is 122 Å². The summed E-state index contributed by atoms with van der Waals surface area (Å²) in [5, 5.41) is 10.6. The molecule has 0 aromatic carbocycles. The van der Waals surface area contributed by atoms with Gasteiger partial charge in [0.15, 0.2) is 12.2 Å². The van der Waals surface area contributed by atoms with Gasteiger partial charge in [-0.05, 0) is 69.1 Å². The number of aliphatic hydroxyl groups is 1. The van der Waals surface area contributed by atoms with E-state index in [1.807, 2.05) is 0 Å². The summed E-state index contributed by atoms with van der Waals surface area (Å²) in [7, 11) is -9.92. The Labute approximate surface area is 554 Å². The Morgan fingerprint density at radius 3 is 0.890 bits per heavy atom. The first-order chi connectivity index (χ1) is 43.7. The first-order valence-electron chi connectivity index (χ1n) is 36.7. The zero-order chi connectivity index (χ0) is 67.3. The second-order valence-corrected chi connectivity index (χ2v) is 29.6. The minimum Gasteiger partial charge on any atom is -0.462 e. The van der Waals surface area contributed by atoms with Crippen LogP contribution in [-0.4, -0.2) is 96.7 Å². The van der Waals surface area contributed by atoms with Gasteiger partial charge in [0.05, 0.1) is 26.4 Å². The SMILES string of the molecule is CCCCCC/C=C\C=C/CCCCCCCC(=O)O[C@H](COC(=O)CCCCCCCCCC(C)C)COP(=O)(O)OC[C@@H](O)COP(=O)(O)OC[C@@H](COC(=O)CCCCCCCCC(C)C)OC(=O)CCCCCCCCCCCCCCCCC(C)C. The van der Waals surface area contributed by atoms with Gasteiger partial charge in [0.25, 0.3) is 0 Å². The second-order valence-electron chi connectivity index (χ2n) is 26.7. The Morgan fingerprint density at radius 1 is 0.341 bits per heavy atom. The summed E-state index contributed by atoms with van der Waals surface area (Å²) < 4.78 is 68.2. The summed E-state index contributed by atoms with van der Waals surface area (Å²) in [6.07, 6.45) is 49.7. The summed E-state index contributed by atoms with van der Waals surface area (Å²) in [4.78, 5) is 72.5. The number of esters is 4. The van der Waals surface area contributed by atoms with Crippen LogP contribution in [0.15, 0.2) is 24.3 Å². The number of ether oxygens (including phenoxy) is 4. The molecule has 536 valence electrons. The smallest absolute Gasteiger partial charge is 0.462 e. The Kier molecular flexibility index (Phi) is 60.7. The molecule has 0 aliphatic carbocycles. The van der Waals surface area contributed by atoms with E-state index in [0.717, 1.165) is 121 Å². The van der Waals surface area contributed by atoms with E-state index in [4.69, 9.17) is 37.0 Å². The standard InChI is InChI=1S/C72H136O17P2/c1-8-9-10-11-12-13-14-15-16-20-23-26-31-41-48-55-71(76)88-67(59-82-69(74)53-46-39-33-28-30-37-44-51-64(4)5)61-86-90(78,79)84-57-66(73)58-85-91(80,81)87-62-68(60-83-70(75)54-47-40-35-34-38-45-52-65(6)7)89-72(77)56-49-42-32-27-24-21-18-17-19-22-25-29-36-43-50-63(2)3/h13-16,63-68,73H,8-12,17-62H2,1-7H3,(H,78,79)(H,80,81)/b14-13-,16-15-/t66-,67-,68-/m1/s1. The maximum Gasteiger partial charge on any atom is 0.472 e. The zero-order valence-corrected chi connectivity index (χ0v) is 60.6. The van der Waals surface area contributed by atoms with Gasteiger partial charge in [0, 0.05) is 25.7 Å². The number of phosphoric acid groups is 2. The molecule has 0 radical (unpaired) electrons. The molecular formula is C72H136O17P2. The van der Waals surface area contributed by atoms with Gasteiger partial charge < -0.3 is 33.8 Å². The maximum absolute atomic E-state index is 13.0. The van der Waals surface area contributed by atoms with Crippen LogP contribution in [-0.2, 0) is 65.4 Å². The van der Waals surface area contributed by atoms with Crippen LogP contribution in [0.5, 0.6) is 0 Å². The van der Waals surface area contributed by atoms with E-state index >= 15 is 0 Å². The van der Waals surface area contributed by atoms with Gasteiger partial charge in [-0.2, -0.15) is 0 Å².